The Morgan fingerprint density at radius 1 is 1.03 bits per heavy atom. The molecular formula is C25H24N4O2S. The number of benzene rings is 3. The van der Waals surface area contributed by atoms with Gasteiger partial charge in [0.2, 0.25) is 0 Å². The van der Waals surface area contributed by atoms with Crippen molar-refractivity contribution < 1.29 is 9.90 Å². The number of imidazole rings is 1. The number of nitrogens with one attached hydrogen (secondary N) is 1. The van der Waals surface area contributed by atoms with Crippen molar-refractivity contribution in [2.45, 2.75) is 25.0 Å². The van der Waals surface area contributed by atoms with Crippen LogP contribution in [0.1, 0.15) is 24.5 Å². The number of rotatable bonds is 8. The Bertz CT molecular complexity index is 1230. The number of phenolic OH excluding ortho intramolecular Hbond substituents is 1. The maximum absolute atomic E-state index is 12.5. The second-order valence-electron chi connectivity index (χ2n) is 7.24. The second-order valence-corrected chi connectivity index (χ2v) is 8.18. The Morgan fingerprint density at radius 3 is 2.50 bits per heavy atom. The third kappa shape index (κ3) is 5.18. The summed E-state index contributed by atoms with van der Waals surface area (Å²) in [6, 6.07) is 25.0. The SMILES string of the molecule is CC/C(=N/NC(=O)CSc1nc2ccccc2n1Cc1ccccc1)c1ccc(O)cc1. The van der Waals surface area contributed by atoms with E-state index in [0.29, 0.717) is 13.0 Å². The zero-order valence-corrected chi connectivity index (χ0v) is 18.5. The molecular weight excluding hydrogens is 420 g/mol. The van der Waals surface area contributed by atoms with E-state index in [1.165, 1.54) is 17.3 Å². The van der Waals surface area contributed by atoms with Gasteiger partial charge in [0.05, 0.1) is 29.0 Å². The zero-order valence-electron chi connectivity index (χ0n) is 17.7. The van der Waals surface area contributed by atoms with Crippen LogP contribution in [-0.2, 0) is 11.3 Å². The lowest BCUT2D eigenvalue weighted by Crippen LogP contribution is -2.22. The summed E-state index contributed by atoms with van der Waals surface area (Å²) in [7, 11) is 0. The van der Waals surface area contributed by atoms with Gasteiger partial charge in [0.15, 0.2) is 5.16 Å². The van der Waals surface area contributed by atoms with Crippen molar-refractivity contribution in [3.63, 3.8) is 0 Å². The average Bonchev–Trinajstić information content (AvgIpc) is 3.17. The number of nitrogens with zero attached hydrogens (tertiary/aromatic N) is 3. The van der Waals surface area contributed by atoms with Crippen LogP contribution in [-0.4, -0.2) is 32.0 Å². The first kappa shape index (κ1) is 21.6. The molecule has 4 rings (SSSR count). The lowest BCUT2D eigenvalue weighted by molar-refractivity contribution is -0.118. The quantitative estimate of drug-likeness (QED) is 0.232. The fraction of sp³-hybridized carbons (Fsp3) is 0.160. The van der Waals surface area contributed by atoms with Crippen molar-refractivity contribution in [1.82, 2.24) is 15.0 Å². The van der Waals surface area contributed by atoms with E-state index in [4.69, 9.17) is 4.98 Å². The molecule has 0 aliphatic heterocycles. The number of aromatic nitrogens is 2. The molecule has 6 nitrogen and oxygen atoms in total. The van der Waals surface area contributed by atoms with Crippen LogP contribution in [0, 0.1) is 0 Å². The number of para-hydroxylation sites is 2. The Balaban J connectivity index is 1.47. The number of carbonyl (C=O) groups excluding carboxylic acids is 1. The van der Waals surface area contributed by atoms with Gasteiger partial charge in [-0.2, -0.15) is 5.10 Å². The smallest absolute Gasteiger partial charge is 0.250 e. The topological polar surface area (TPSA) is 79.5 Å². The average molecular weight is 445 g/mol. The van der Waals surface area contributed by atoms with E-state index in [2.05, 4.69) is 27.2 Å². The molecule has 0 bridgehead atoms. The molecule has 32 heavy (non-hydrogen) atoms. The molecule has 0 aliphatic carbocycles. The van der Waals surface area contributed by atoms with Crippen LogP contribution in [0.3, 0.4) is 0 Å². The summed E-state index contributed by atoms with van der Waals surface area (Å²) in [5.41, 5.74) is 7.38. The van der Waals surface area contributed by atoms with Crippen LogP contribution in [0.25, 0.3) is 11.0 Å². The summed E-state index contributed by atoms with van der Waals surface area (Å²) in [6.07, 6.45) is 0.658. The third-order valence-corrected chi connectivity index (χ3v) is 5.96. The number of thioether (sulfide) groups is 1. The molecule has 2 N–H and O–H groups in total. The summed E-state index contributed by atoms with van der Waals surface area (Å²) in [5.74, 6) is 0.204. The summed E-state index contributed by atoms with van der Waals surface area (Å²) >= 11 is 1.39. The first-order valence-electron chi connectivity index (χ1n) is 10.4. The molecule has 4 aromatic rings. The van der Waals surface area contributed by atoms with Crippen molar-refractivity contribution >= 4 is 34.4 Å². The summed E-state index contributed by atoms with van der Waals surface area (Å²) in [5, 5.41) is 14.5. The number of hydrazone groups is 1. The van der Waals surface area contributed by atoms with Gasteiger partial charge in [0.25, 0.3) is 5.91 Å². The number of phenols is 1. The third-order valence-electron chi connectivity index (χ3n) is 4.99. The first-order chi connectivity index (χ1) is 15.6. The molecule has 0 aliphatic rings. The fourth-order valence-corrected chi connectivity index (χ4v) is 4.18. The second kappa shape index (κ2) is 10.2. The van der Waals surface area contributed by atoms with Gasteiger partial charge in [-0.05, 0) is 53.9 Å². The maximum atomic E-state index is 12.5. The molecule has 0 atom stereocenters. The molecule has 3 aromatic carbocycles. The van der Waals surface area contributed by atoms with E-state index in [0.717, 1.165) is 27.5 Å². The van der Waals surface area contributed by atoms with Crippen molar-refractivity contribution in [3.05, 3.63) is 90.0 Å². The minimum Gasteiger partial charge on any atom is -0.508 e. The predicted octanol–water partition coefficient (Wildman–Crippen LogP) is 4.81. The number of hydrogen-bond acceptors (Lipinski definition) is 5. The number of amides is 1. The number of hydrogen-bond donors (Lipinski definition) is 2. The fourth-order valence-electron chi connectivity index (χ4n) is 3.38. The van der Waals surface area contributed by atoms with E-state index in [1.807, 2.05) is 49.4 Å². The van der Waals surface area contributed by atoms with Crippen LogP contribution in [0.15, 0.2) is 89.1 Å². The van der Waals surface area contributed by atoms with Gasteiger partial charge >= 0.3 is 0 Å². The van der Waals surface area contributed by atoms with Crippen LogP contribution >= 0.6 is 11.8 Å². The van der Waals surface area contributed by atoms with E-state index in [1.54, 1.807) is 24.3 Å². The summed E-state index contributed by atoms with van der Waals surface area (Å²) in [4.78, 5) is 17.2. The van der Waals surface area contributed by atoms with Gasteiger partial charge in [-0.1, -0.05) is 61.2 Å². The van der Waals surface area contributed by atoms with Crippen molar-refractivity contribution in [3.8, 4) is 5.75 Å². The molecule has 7 heteroatoms. The summed E-state index contributed by atoms with van der Waals surface area (Å²) in [6.45, 7) is 2.66. The number of aromatic hydroxyl groups is 1. The molecule has 1 heterocycles. The highest BCUT2D eigenvalue weighted by molar-refractivity contribution is 7.99. The first-order valence-corrected chi connectivity index (χ1v) is 11.4. The minimum atomic E-state index is -0.196. The molecule has 162 valence electrons. The maximum Gasteiger partial charge on any atom is 0.250 e. The molecule has 0 radical (unpaired) electrons. The molecule has 1 aromatic heterocycles. The van der Waals surface area contributed by atoms with Crippen molar-refractivity contribution in [2.24, 2.45) is 5.10 Å². The number of carbonyl (C=O) groups is 1. The van der Waals surface area contributed by atoms with E-state index < -0.39 is 0 Å². The van der Waals surface area contributed by atoms with Gasteiger partial charge in [-0.3, -0.25) is 4.79 Å². The van der Waals surface area contributed by atoms with Gasteiger partial charge in [0, 0.05) is 0 Å². The van der Waals surface area contributed by atoms with Gasteiger partial charge in [-0.15, -0.1) is 0 Å². The Hall–Kier alpha value is -3.58. The van der Waals surface area contributed by atoms with Gasteiger partial charge in [0.1, 0.15) is 5.75 Å². The predicted molar refractivity (Wildman–Crippen MR) is 129 cm³/mol. The van der Waals surface area contributed by atoms with E-state index >= 15 is 0 Å². The highest BCUT2D eigenvalue weighted by Crippen LogP contribution is 2.25. The number of fused-ring (bicyclic) bond motifs is 1. The van der Waals surface area contributed by atoms with Crippen LogP contribution < -0.4 is 5.43 Å². The van der Waals surface area contributed by atoms with Crippen molar-refractivity contribution in [2.75, 3.05) is 5.75 Å². The Labute approximate surface area is 191 Å². The molecule has 1 amide bonds. The normalized spacial score (nSPS) is 11.6. The molecule has 0 saturated carbocycles. The van der Waals surface area contributed by atoms with Crippen LogP contribution in [0.4, 0.5) is 0 Å². The molecule has 0 fully saturated rings. The van der Waals surface area contributed by atoms with Gasteiger partial charge in [-0.25, -0.2) is 10.4 Å². The lowest BCUT2D eigenvalue weighted by Gasteiger charge is -2.09. The Kier molecular flexibility index (Phi) is 6.87. The standard InChI is InChI=1S/C25H24N4O2S/c1-2-21(19-12-14-20(30)15-13-19)27-28-24(31)17-32-25-26-22-10-6-7-11-23(22)29(25)16-18-8-4-3-5-9-18/h3-15,30H,2,16-17H2,1H3,(H,28,31)/b27-21-. The van der Waals surface area contributed by atoms with Gasteiger partial charge < -0.3 is 9.67 Å². The monoisotopic (exact) mass is 444 g/mol. The zero-order chi connectivity index (χ0) is 22.3. The molecule has 0 unspecified atom stereocenters. The van der Waals surface area contributed by atoms with Crippen molar-refractivity contribution in [1.29, 1.82) is 0 Å². The lowest BCUT2D eigenvalue weighted by atomic mass is 10.1. The van der Waals surface area contributed by atoms with Crippen LogP contribution in [0.5, 0.6) is 5.75 Å². The largest absolute Gasteiger partial charge is 0.508 e. The highest BCUT2D eigenvalue weighted by Gasteiger charge is 2.13. The highest BCUT2D eigenvalue weighted by atomic mass is 32.2. The van der Waals surface area contributed by atoms with Crippen LogP contribution in [0.2, 0.25) is 0 Å². The van der Waals surface area contributed by atoms with E-state index in [9.17, 15) is 9.90 Å². The molecule has 0 saturated heterocycles. The molecule has 0 spiro atoms. The Morgan fingerprint density at radius 2 is 1.75 bits per heavy atom. The summed E-state index contributed by atoms with van der Waals surface area (Å²) < 4.78 is 2.14. The minimum absolute atomic E-state index is 0.196. The van der Waals surface area contributed by atoms with E-state index in [-0.39, 0.29) is 17.4 Å².